The van der Waals surface area contributed by atoms with Crippen LogP contribution in [-0.2, 0) is 13.0 Å². The third-order valence-electron chi connectivity index (χ3n) is 3.80. The Bertz CT molecular complexity index is 842. The minimum atomic E-state index is -0.223. The van der Waals surface area contributed by atoms with Crippen molar-refractivity contribution < 1.29 is 4.79 Å². The van der Waals surface area contributed by atoms with E-state index in [-0.39, 0.29) is 16.9 Å². The van der Waals surface area contributed by atoms with Crippen molar-refractivity contribution in [2.24, 2.45) is 0 Å². The van der Waals surface area contributed by atoms with E-state index in [9.17, 15) is 9.59 Å². The minimum Gasteiger partial charge on any atom is -0.314 e. The van der Waals surface area contributed by atoms with Gasteiger partial charge >= 0.3 is 0 Å². The highest BCUT2D eigenvalue weighted by molar-refractivity contribution is 5.93. The highest BCUT2D eigenvalue weighted by atomic mass is 16.1. The van der Waals surface area contributed by atoms with Crippen molar-refractivity contribution >= 4 is 5.78 Å². The molecular formula is C22H23NO2. The van der Waals surface area contributed by atoms with Gasteiger partial charge in [-0.05, 0) is 37.0 Å². The Kier molecular flexibility index (Phi) is 6.90. The summed E-state index contributed by atoms with van der Waals surface area (Å²) in [6.07, 6.45) is 12.6. The molecule has 1 aromatic heterocycles. The first-order valence-corrected chi connectivity index (χ1v) is 8.34. The third kappa shape index (κ3) is 5.57. The summed E-state index contributed by atoms with van der Waals surface area (Å²) in [6.45, 7) is 5.59. The molecule has 0 amide bonds. The standard InChI is InChI=1S/C22H23NO2/c1-3-4-5-6-7-11-14-23-17-20(15-19-12-9-8-10-13-19)16-21(18(2)24)22(23)25/h3-10,12-13,16-17H,1,11,14-15H2,2H3/b5-4-,7-6-. The summed E-state index contributed by atoms with van der Waals surface area (Å²) in [6, 6.07) is 11.7. The van der Waals surface area contributed by atoms with E-state index in [2.05, 4.69) is 6.58 Å². The fourth-order valence-corrected chi connectivity index (χ4v) is 2.58. The Hall–Kier alpha value is -2.94. The van der Waals surface area contributed by atoms with Gasteiger partial charge in [-0.1, -0.05) is 67.3 Å². The molecule has 0 bridgehead atoms. The molecule has 0 fully saturated rings. The lowest BCUT2D eigenvalue weighted by Crippen LogP contribution is -2.26. The highest BCUT2D eigenvalue weighted by Gasteiger charge is 2.11. The summed E-state index contributed by atoms with van der Waals surface area (Å²) in [5, 5.41) is 0. The van der Waals surface area contributed by atoms with Gasteiger partial charge in [0.25, 0.3) is 5.56 Å². The lowest BCUT2D eigenvalue weighted by atomic mass is 10.0. The van der Waals surface area contributed by atoms with E-state index in [4.69, 9.17) is 0 Å². The number of pyridine rings is 1. The second-order valence-corrected chi connectivity index (χ2v) is 5.82. The van der Waals surface area contributed by atoms with Crippen LogP contribution in [0, 0.1) is 0 Å². The van der Waals surface area contributed by atoms with Gasteiger partial charge in [-0.15, -0.1) is 0 Å². The van der Waals surface area contributed by atoms with Gasteiger partial charge in [0.2, 0.25) is 0 Å². The summed E-state index contributed by atoms with van der Waals surface area (Å²) in [5.41, 5.74) is 2.14. The number of rotatable bonds is 8. The summed E-state index contributed by atoms with van der Waals surface area (Å²) >= 11 is 0. The van der Waals surface area contributed by atoms with Crippen molar-refractivity contribution in [1.29, 1.82) is 0 Å². The highest BCUT2D eigenvalue weighted by Crippen LogP contribution is 2.10. The second kappa shape index (κ2) is 9.38. The van der Waals surface area contributed by atoms with Gasteiger partial charge in [0, 0.05) is 12.7 Å². The molecule has 0 aliphatic rings. The number of carbonyl (C=O) groups excluding carboxylic acids is 1. The molecule has 0 unspecified atom stereocenters. The quantitative estimate of drug-likeness (QED) is 0.533. The van der Waals surface area contributed by atoms with Crippen LogP contribution in [0.5, 0.6) is 0 Å². The molecule has 2 aromatic rings. The SMILES string of the molecule is C=C/C=C\C=C/CCn1cc(Cc2ccccc2)cc(C(C)=O)c1=O. The fraction of sp³-hybridized carbons (Fsp3) is 0.182. The van der Waals surface area contributed by atoms with E-state index in [0.29, 0.717) is 19.4 Å². The molecule has 3 nitrogen and oxygen atoms in total. The molecule has 1 aromatic carbocycles. The zero-order valence-corrected chi connectivity index (χ0v) is 14.5. The monoisotopic (exact) mass is 333 g/mol. The lowest BCUT2D eigenvalue weighted by Gasteiger charge is -2.10. The van der Waals surface area contributed by atoms with Crippen molar-refractivity contribution in [2.75, 3.05) is 0 Å². The van der Waals surface area contributed by atoms with Crippen LogP contribution in [0.1, 0.15) is 34.8 Å². The average molecular weight is 333 g/mol. The van der Waals surface area contributed by atoms with Crippen molar-refractivity contribution in [3.63, 3.8) is 0 Å². The van der Waals surface area contributed by atoms with Crippen LogP contribution >= 0.6 is 0 Å². The summed E-state index contributed by atoms with van der Waals surface area (Å²) < 4.78 is 1.64. The predicted octanol–water partition coefficient (Wildman–Crippen LogP) is 4.33. The van der Waals surface area contributed by atoms with Crippen LogP contribution in [-0.4, -0.2) is 10.4 Å². The second-order valence-electron chi connectivity index (χ2n) is 5.82. The number of hydrogen-bond acceptors (Lipinski definition) is 2. The normalized spacial score (nSPS) is 11.2. The molecule has 0 atom stereocenters. The van der Waals surface area contributed by atoms with E-state index < -0.39 is 0 Å². The zero-order valence-electron chi connectivity index (χ0n) is 14.5. The number of ketones is 1. The van der Waals surface area contributed by atoms with E-state index in [1.54, 1.807) is 16.7 Å². The number of allylic oxidation sites excluding steroid dienone is 5. The summed E-state index contributed by atoms with van der Waals surface area (Å²) in [7, 11) is 0. The molecule has 128 valence electrons. The molecule has 0 aliphatic heterocycles. The van der Waals surface area contributed by atoms with E-state index in [1.807, 2.05) is 60.8 Å². The third-order valence-corrected chi connectivity index (χ3v) is 3.80. The molecule has 0 radical (unpaired) electrons. The van der Waals surface area contributed by atoms with Gasteiger partial charge in [-0.3, -0.25) is 9.59 Å². The van der Waals surface area contributed by atoms with E-state index >= 15 is 0 Å². The maximum absolute atomic E-state index is 12.5. The van der Waals surface area contributed by atoms with Gasteiger partial charge in [0.05, 0.1) is 5.56 Å². The van der Waals surface area contributed by atoms with E-state index in [1.165, 1.54) is 6.92 Å². The smallest absolute Gasteiger partial charge is 0.261 e. The maximum atomic E-state index is 12.5. The molecule has 0 N–H and O–H groups in total. The number of nitrogens with zero attached hydrogens (tertiary/aromatic N) is 1. The Morgan fingerprint density at radius 2 is 1.88 bits per heavy atom. The van der Waals surface area contributed by atoms with Crippen molar-refractivity contribution in [2.45, 2.75) is 26.3 Å². The molecule has 0 saturated heterocycles. The number of aromatic nitrogens is 1. The first-order chi connectivity index (χ1) is 12.1. The Morgan fingerprint density at radius 1 is 1.12 bits per heavy atom. The molecular weight excluding hydrogens is 310 g/mol. The topological polar surface area (TPSA) is 39.1 Å². The Balaban J connectivity index is 2.23. The van der Waals surface area contributed by atoms with Crippen LogP contribution in [0.3, 0.4) is 0 Å². The molecule has 0 saturated carbocycles. The lowest BCUT2D eigenvalue weighted by molar-refractivity contribution is 0.101. The van der Waals surface area contributed by atoms with Crippen LogP contribution in [0.25, 0.3) is 0 Å². The number of hydrogen-bond donors (Lipinski definition) is 0. The van der Waals surface area contributed by atoms with Crippen LogP contribution in [0.15, 0.2) is 84.3 Å². The van der Waals surface area contributed by atoms with Crippen molar-refractivity contribution in [3.05, 3.63) is 107 Å². The molecule has 3 heteroatoms. The predicted molar refractivity (Wildman–Crippen MR) is 103 cm³/mol. The molecule has 25 heavy (non-hydrogen) atoms. The van der Waals surface area contributed by atoms with Crippen LogP contribution < -0.4 is 5.56 Å². The summed E-state index contributed by atoms with van der Waals surface area (Å²) in [4.78, 5) is 24.3. The Labute approximate surface area is 148 Å². The van der Waals surface area contributed by atoms with Crippen LogP contribution in [0.4, 0.5) is 0 Å². The van der Waals surface area contributed by atoms with Gasteiger partial charge < -0.3 is 4.57 Å². The average Bonchev–Trinajstić information content (AvgIpc) is 2.61. The van der Waals surface area contributed by atoms with Gasteiger partial charge in [0.15, 0.2) is 5.78 Å². The molecule has 1 heterocycles. The first-order valence-electron chi connectivity index (χ1n) is 8.34. The first kappa shape index (κ1) is 18.4. The molecule has 0 aliphatic carbocycles. The minimum absolute atomic E-state index is 0.196. The number of aryl methyl sites for hydroxylation is 1. The molecule has 0 spiro atoms. The largest absolute Gasteiger partial charge is 0.314 e. The number of benzene rings is 1. The Morgan fingerprint density at radius 3 is 2.56 bits per heavy atom. The number of Topliss-reactive ketones (excluding diaryl/α,β-unsaturated/α-hetero) is 1. The van der Waals surface area contributed by atoms with Crippen molar-refractivity contribution in [1.82, 2.24) is 4.57 Å². The summed E-state index contributed by atoms with van der Waals surface area (Å²) in [5.74, 6) is -0.196. The van der Waals surface area contributed by atoms with Gasteiger partial charge in [-0.25, -0.2) is 0 Å². The van der Waals surface area contributed by atoms with Crippen molar-refractivity contribution in [3.8, 4) is 0 Å². The number of carbonyl (C=O) groups is 1. The zero-order chi connectivity index (χ0) is 18.1. The van der Waals surface area contributed by atoms with Crippen LogP contribution in [0.2, 0.25) is 0 Å². The van der Waals surface area contributed by atoms with Gasteiger partial charge in [-0.2, -0.15) is 0 Å². The maximum Gasteiger partial charge on any atom is 0.261 e. The fourth-order valence-electron chi connectivity index (χ4n) is 2.58. The molecule has 2 rings (SSSR count). The van der Waals surface area contributed by atoms with E-state index in [0.717, 1.165) is 11.1 Å². The van der Waals surface area contributed by atoms with Gasteiger partial charge in [0.1, 0.15) is 0 Å².